The summed E-state index contributed by atoms with van der Waals surface area (Å²) in [6.45, 7) is 1.15. The van der Waals surface area contributed by atoms with Gasteiger partial charge in [-0.05, 0) is 41.7 Å². The molecule has 0 aliphatic carbocycles. The van der Waals surface area contributed by atoms with Crippen LogP contribution in [0.4, 0.5) is 0 Å². The van der Waals surface area contributed by atoms with E-state index in [1.165, 1.54) is 0 Å². The zero-order valence-corrected chi connectivity index (χ0v) is 16.1. The normalized spacial score (nSPS) is 25.0. The summed E-state index contributed by atoms with van der Waals surface area (Å²) in [5.41, 5.74) is 3.68. The van der Waals surface area contributed by atoms with Gasteiger partial charge in [0.2, 0.25) is 0 Å². The van der Waals surface area contributed by atoms with Crippen LogP contribution in [0.5, 0.6) is 0 Å². The number of hydrogen-bond acceptors (Lipinski definition) is 6. The standard InChI is InChI=1S/C21H22ClNO5/c1-11(23)13-4-2-12(3-5-13)8-15-9-14(6-7-16(15)22)21-20(27)19(26)18(25)17(10-24)28-21/h2-7,9,17,19-21,23-24,26-27H,8,10H2,1H3/t17-,19+,20-,21+/m1/s1. The van der Waals surface area contributed by atoms with Gasteiger partial charge in [0, 0.05) is 10.7 Å². The van der Waals surface area contributed by atoms with Crippen LogP contribution in [0.15, 0.2) is 42.5 Å². The van der Waals surface area contributed by atoms with Gasteiger partial charge in [0.05, 0.1) is 6.61 Å². The fourth-order valence-corrected chi connectivity index (χ4v) is 3.44. The fourth-order valence-electron chi connectivity index (χ4n) is 3.26. The lowest BCUT2D eigenvalue weighted by Gasteiger charge is -2.35. The maximum atomic E-state index is 11.9. The average Bonchev–Trinajstić information content (AvgIpc) is 2.69. The summed E-state index contributed by atoms with van der Waals surface area (Å²) in [5.74, 6) is -0.734. The second-order valence-electron chi connectivity index (χ2n) is 6.92. The number of benzene rings is 2. The first-order valence-electron chi connectivity index (χ1n) is 8.90. The highest BCUT2D eigenvalue weighted by Gasteiger charge is 2.43. The Balaban J connectivity index is 1.86. The van der Waals surface area contributed by atoms with Crippen LogP contribution in [0.1, 0.15) is 35.3 Å². The fraction of sp³-hybridized carbons (Fsp3) is 0.333. The van der Waals surface area contributed by atoms with Crippen LogP contribution in [0.2, 0.25) is 5.02 Å². The third kappa shape index (κ3) is 4.16. The molecule has 0 amide bonds. The van der Waals surface area contributed by atoms with Crippen LogP contribution in [-0.2, 0) is 16.0 Å². The highest BCUT2D eigenvalue weighted by atomic mass is 35.5. The van der Waals surface area contributed by atoms with Crippen molar-refractivity contribution in [1.82, 2.24) is 0 Å². The maximum Gasteiger partial charge on any atom is 0.195 e. The smallest absolute Gasteiger partial charge is 0.195 e. The molecule has 3 rings (SSSR count). The summed E-state index contributed by atoms with van der Waals surface area (Å²) in [6, 6.07) is 12.7. The number of aliphatic hydroxyl groups is 3. The van der Waals surface area contributed by atoms with Crippen molar-refractivity contribution >= 4 is 23.1 Å². The Morgan fingerprint density at radius 3 is 2.46 bits per heavy atom. The molecule has 0 bridgehead atoms. The average molecular weight is 404 g/mol. The molecule has 1 aliphatic rings. The molecule has 0 spiro atoms. The Labute approximate surface area is 167 Å². The number of nitrogens with one attached hydrogen (secondary N) is 1. The van der Waals surface area contributed by atoms with E-state index in [1.54, 1.807) is 25.1 Å². The van der Waals surface area contributed by atoms with Crippen molar-refractivity contribution in [1.29, 1.82) is 5.41 Å². The van der Waals surface area contributed by atoms with Crippen molar-refractivity contribution in [3.05, 3.63) is 69.7 Å². The third-order valence-electron chi connectivity index (χ3n) is 4.90. The molecule has 0 aromatic heterocycles. The minimum Gasteiger partial charge on any atom is -0.393 e. The number of carbonyl (C=O) groups excluding carboxylic acids is 1. The highest BCUT2D eigenvalue weighted by Crippen LogP contribution is 2.33. The van der Waals surface area contributed by atoms with E-state index in [0.29, 0.717) is 22.7 Å². The molecular weight excluding hydrogens is 382 g/mol. The van der Waals surface area contributed by atoms with Gasteiger partial charge in [-0.15, -0.1) is 0 Å². The van der Waals surface area contributed by atoms with Crippen molar-refractivity contribution in [2.75, 3.05) is 6.61 Å². The highest BCUT2D eigenvalue weighted by molar-refractivity contribution is 6.31. The largest absolute Gasteiger partial charge is 0.393 e. The topological polar surface area (TPSA) is 111 Å². The molecule has 4 atom stereocenters. The van der Waals surface area contributed by atoms with Gasteiger partial charge in [0.1, 0.15) is 24.4 Å². The lowest BCUT2D eigenvalue weighted by atomic mass is 9.91. The molecule has 1 heterocycles. The molecule has 2 aromatic rings. The van der Waals surface area contributed by atoms with Gasteiger partial charge in [-0.2, -0.15) is 0 Å². The van der Waals surface area contributed by atoms with Crippen LogP contribution < -0.4 is 0 Å². The summed E-state index contributed by atoms with van der Waals surface area (Å²) in [4.78, 5) is 11.9. The van der Waals surface area contributed by atoms with Crippen molar-refractivity contribution in [2.24, 2.45) is 0 Å². The predicted octanol–water partition coefficient (Wildman–Crippen LogP) is 2.04. The van der Waals surface area contributed by atoms with Gasteiger partial charge in [0.25, 0.3) is 0 Å². The summed E-state index contributed by atoms with van der Waals surface area (Å²) in [5, 5.41) is 37.8. The first-order valence-corrected chi connectivity index (χ1v) is 9.28. The van der Waals surface area contributed by atoms with E-state index in [0.717, 1.165) is 16.7 Å². The number of halogens is 1. The Bertz CT molecular complexity index is 879. The van der Waals surface area contributed by atoms with E-state index < -0.39 is 36.8 Å². The minimum atomic E-state index is -1.62. The predicted molar refractivity (Wildman–Crippen MR) is 105 cm³/mol. The Morgan fingerprint density at radius 2 is 1.86 bits per heavy atom. The van der Waals surface area contributed by atoms with E-state index in [9.17, 15) is 20.1 Å². The van der Waals surface area contributed by atoms with Crippen LogP contribution >= 0.6 is 11.6 Å². The van der Waals surface area contributed by atoms with Crippen LogP contribution in [0.25, 0.3) is 0 Å². The number of aliphatic hydroxyl groups excluding tert-OH is 3. The van der Waals surface area contributed by atoms with E-state index in [1.807, 2.05) is 24.3 Å². The molecule has 4 N–H and O–H groups in total. The Morgan fingerprint density at radius 1 is 1.18 bits per heavy atom. The molecule has 7 heteroatoms. The third-order valence-corrected chi connectivity index (χ3v) is 5.27. The van der Waals surface area contributed by atoms with Gasteiger partial charge in [-0.3, -0.25) is 4.79 Å². The van der Waals surface area contributed by atoms with E-state index in [4.69, 9.17) is 21.7 Å². The van der Waals surface area contributed by atoms with E-state index in [2.05, 4.69) is 0 Å². The Hall–Kier alpha value is -2.09. The van der Waals surface area contributed by atoms with Crippen molar-refractivity contribution in [3.8, 4) is 0 Å². The summed E-state index contributed by atoms with van der Waals surface area (Å²) < 4.78 is 5.53. The van der Waals surface area contributed by atoms with Gasteiger partial charge in [-0.25, -0.2) is 0 Å². The lowest BCUT2D eigenvalue weighted by molar-refractivity contribution is -0.188. The van der Waals surface area contributed by atoms with Crippen LogP contribution in [0.3, 0.4) is 0 Å². The molecule has 0 radical (unpaired) electrons. The minimum absolute atomic E-state index is 0.488. The molecule has 2 aromatic carbocycles. The number of hydrogen-bond donors (Lipinski definition) is 4. The van der Waals surface area contributed by atoms with E-state index in [-0.39, 0.29) is 0 Å². The molecule has 1 aliphatic heterocycles. The SMILES string of the molecule is CC(=N)c1ccc(Cc2cc([C@@H]3O[C@H](CO)C(=O)[C@H](O)[C@H]3O)ccc2Cl)cc1. The number of carbonyl (C=O) groups is 1. The number of rotatable bonds is 5. The van der Waals surface area contributed by atoms with Gasteiger partial charge < -0.3 is 25.5 Å². The molecule has 1 fully saturated rings. The summed E-state index contributed by atoms with van der Waals surface area (Å²) in [7, 11) is 0. The molecule has 0 saturated carbocycles. The van der Waals surface area contributed by atoms with E-state index >= 15 is 0 Å². The lowest BCUT2D eigenvalue weighted by Crippen LogP contribution is -2.52. The zero-order valence-electron chi connectivity index (χ0n) is 15.3. The zero-order chi connectivity index (χ0) is 20.4. The molecule has 1 saturated heterocycles. The van der Waals surface area contributed by atoms with Gasteiger partial charge in [0.15, 0.2) is 5.78 Å². The Kier molecular flexibility index (Phi) is 6.27. The molecule has 0 unspecified atom stereocenters. The first kappa shape index (κ1) is 20.6. The monoisotopic (exact) mass is 403 g/mol. The summed E-state index contributed by atoms with van der Waals surface area (Å²) in [6.07, 6.45) is -4.66. The van der Waals surface area contributed by atoms with Crippen molar-refractivity contribution in [2.45, 2.75) is 37.8 Å². The quantitative estimate of drug-likeness (QED) is 0.571. The first-order chi connectivity index (χ1) is 13.3. The number of ether oxygens (including phenoxy) is 1. The maximum absolute atomic E-state index is 11.9. The van der Waals surface area contributed by atoms with Crippen LogP contribution in [0, 0.1) is 5.41 Å². The van der Waals surface area contributed by atoms with Gasteiger partial charge in [-0.1, -0.05) is 48.0 Å². The number of ketones is 1. The van der Waals surface area contributed by atoms with Gasteiger partial charge >= 0.3 is 0 Å². The molecular formula is C21H22ClNO5. The van der Waals surface area contributed by atoms with Crippen LogP contribution in [-0.4, -0.2) is 51.7 Å². The summed E-state index contributed by atoms with van der Waals surface area (Å²) >= 11 is 6.33. The number of Topliss-reactive ketones (excluding diaryl/α,β-unsaturated/α-hetero) is 1. The second kappa shape index (κ2) is 8.51. The molecule has 6 nitrogen and oxygen atoms in total. The molecule has 28 heavy (non-hydrogen) atoms. The van der Waals surface area contributed by atoms with Crippen molar-refractivity contribution in [3.63, 3.8) is 0 Å². The molecule has 148 valence electrons. The second-order valence-corrected chi connectivity index (χ2v) is 7.32. The van der Waals surface area contributed by atoms with Crippen molar-refractivity contribution < 1.29 is 24.9 Å².